The highest BCUT2D eigenvalue weighted by Gasteiger charge is 2.90. The highest BCUT2D eigenvalue weighted by atomic mass is 16.3. The molecule has 0 radical (unpaired) electrons. The van der Waals surface area contributed by atoms with Gasteiger partial charge in [0, 0.05) is 22.1 Å². The molecule has 10 aromatic rings. The summed E-state index contributed by atoms with van der Waals surface area (Å²) >= 11 is 0. The van der Waals surface area contributed by atoms with E-state index in [0.29, 0.717) is 5.41 Å². The van der Waals surface area contributed by atoms with Gasteiger partial charge in [0.1, 0.15) is 11.2 Å². The molecule has 2 nitrogen and oxygen atoms in total. The molecule has 0 aliphatic heterocycles. The molecule has 5 aliphatic rings. The summed E-state index contributed by atoms with van der Waals surface area (Å²) in [6, 6.07) is 74.3. The summed E-state index contributed by atoms with van der Waals surface area (Å²) in [4.78, 5) is 2.47. The fraction of sp³-hybridized carbons (Fsp3) is 0.148. The molecule has 1 aromatic heterocycles. The summed E-state index contributed by atoms with van der Waals surface area (Å²) in [6.45, 7) is 0. The van der Waals surface area contributed by atoms with Crippen LogP contribution in [0.3, 0.4) is 0 Å². The van der Waals surface area contributed by atoms with Gasteiger partial charge in [-0.2, -0.15) is 0 Å². The number of nitrogens with zero attached hydrogens (tertiary/aromatic N) is 1. The monoisotopic (exact) mass is 805 g/mol. The molecular formula is C61H43NO. The molecule has 0 bridgehead atoms. The minimum absolute atomic E-state index is 0.198. The van der Waals surface area contributed by atoms with E-state index in [1.165, 1.54) is 74.5 Å². The van der Waals surface area contributed by atoms with Gasteiger partial charge in [-0.1, -0.05) is 158 Å². The maximum Gasteiger partial charge on any atom is 0.137 e. The van der Waals surface area contributed by atoms with Crippen LogP contribution in [-0.2, 0) is 5.41 Å². The lowest BCUT2D eigenvalue weighted by Gasteiger charge is -2.92. The normalized spacial score (nSPS) is 24.1. The van der Waals surface area contributed by atoms with Crippen LogP contribution < -0.4 is 4.90 Å². The molecular weight excluding hydrogens is 763 g/mol. The van der Waals surface area contributed by atoms with Crippen LogP contribution >= 0.6 is 0 Å². The van der Waals surface area contributed by atoms with Gasteiger partial charge >= 0.3 is 0 Å². The van der Waals surface area contributed by atoms with E-state index in [4.69, 9.17) is 4.42 Å². The third kappa shape index (κ3) is 4.20. The molecule has 5 aliphatic carbocycles. The van der Waals surface area contributed by atoms with Gasteiger partial charge in [-0.15, -0.1) is 0 Å². The van der Waals surface area contributed by atoms with Crippen LogP contribution in [0.5, 0.6) is 0 Å². The number of hydrogen-bond acceptors (Lipinski definition) is 2. The van der Waals surface area contributed by atoms with E-state index < -0.39 is 0 Å². The Bertz CT molecular complexity index is 3510. The minimum Gasteiger partial charge on any atom is -0.456 e. The second-order valence-electron chi connectivity index (χ2n) is 19.1. The largest absolute Gasteiger partial charge is 0.456 e. The molecule has 4 saturated carbocycles. The molecule has 2 spiro atoms. The second kappa shape index (κ2) is 12.3. The standard InChI is InChI=1S/C61H43NO/c1-2-13-38(14-3-1)44-20-10-15-39-16-11-21-48(58(39)44)47-18-5-8-23-52(47)62(53-24-12-26-55-59(53)49-19-6-9-25-54(49)63-55)43-30-27-37(28-31-43)40-29-32-46-45-17-4-7-22-50(45)61(51(46)33-40)56-35-41-34-42-36-57(61)60(41,42)56/h1-33,41-42,56-57H,34-36H2. The first kappa shape index (κ1) is 34.4. The van der Waals surface area contributed by atoms with Crippen molar-refractivity contribution in [2.75, 3.05) is 4.90 Å². The fourth-order valence-corrected chi connectivity index (χ4v) is 14.6. The van der Waals surface area contributed by atoms with Gasteiger partial charge in [0.05, 0.1) is 16.8 Å². The van der Waals surface area contributed by atoms with Crippen molar-refractivity contribution in [3.8, 4) is 44.5 Å². The molecule has 9 aromatic carbocycles. The van der Waals surface area contributed by atoms with E-state index in [0.717, 1.165) is 62.7 Å². The van der Waals surface area contributed by atoms with Crippen molar-refractivity contribution in [1.82, 2.24) is 0 Å². The quantitative estimate of drug-likeness (QED) is 0.166. The van der Waals surface area contributed by atoms with E-state index in [1.54, 1.807) is 11.1 Å². The Kier molecular flexibility index (Phi) is 6.70. The van der Waals surface area contributed by atoms with Crippen LogP contribution in [0.4, 0.5) is 17.1 Å². The third-order valence-electron chi connectivity index (χ3n) is 17.0. The van der Waals surface area contributed by atoms with Gasteiger partial charge in [0.15, 0.2) is 0 Å². The lowest BCUT2D eigenvalue weighted by molar-refractivity contribution is -0.412. The van der Waals surface area contributed by atoms with Crippen LogP contribution in [-0.4, -0.2) is 0 Å². The van der Waals surface area contributed by atoms with Crippen molar-refractivity contribution in [3.63, 3.8) is 0 Å². The molecule has 15 rings (SSSR count). The molecule has 0 N–H and O–H groups in total. The average Bonchev–Trinajstić information content (AvgIpc) is 3.85. The van der Waals surface area contributed by atoms with E-state index >= 15 is 0 Å². The Labute approximate surface area is 367 Å². The summed E-state index contributed by atoms with van der Waals surface area (Å²) in [5.41, 5.74) is 19.5. The SMILES string of the molecule is c1ccc(-c2cccc3cccc(-c4ccccc4N(c4ccc(-c5ccc6c(c5)C5(c7ccccc7-6)C6CC7CC8CC5C786)cc4)c4cccc5oc6ccccc6c45)c23)cc1. The lowest BCUT2D eigenvalue weighted by atomic mass is 9.11. The second-order valence-corrected chi connectivity index (χ2v) is 19.1. The van der Waals surface area contributed by atoms with Crippen LogP contribution in [0, 0.1) is 29.1 Å². The molecule has 4 fully saturated rings. The number of anilines is 3. The van der Waals surface area contributed by atoms with Crippen LogP contribution in [0.1, 0.15) is 30.4 Å². The van der Waals surface area contributed by atoms with Crippen LogP contribution in [0.2, 0.25) is 0 Å². The van der Waals surface area contributed by atoms with Gasteiger partial charge < -0.3 is 9.32 Å². The van der Waals surface area contributed by atoms with Crippen molar-refractivity contribution in [3.05, 3.63) is 211 Å². The van der Waals surface area contributed by atoms with Crippen molar-refractivity contribution >= 4 is 49.8 Å². The van der Waals surface area contributed by atoms with E-state index in [-0.39, 0.29) is 5.41 Å². The maximum atomic E-state index is 6.54. The lowest BCUT2D eigenvalue weighted by Crippen LogP contribution is -2.88. The van der Waals surface area contributed by atoms with E-state index in [9.17, 15) is 0 Å². The summed E-state index contributed by atoms with van der Waals surface area (Å²) < 4.78 is 6.54. The smallest absolute Gasteiger partial charge is 0.137 e. The predicted octanol–water partition coefficient (Wildman–Crippen LogP) is 16.2. The zero-order chi connectivity index (χ0) is 41.0. The highest BCUT2D eigenvalue weighted by Crippen LogP contribution is 2.94. The van der Waals surface area contributed by atoms with Crippen molar-refractivity contribution in [1.29, 1.82) is 0 Å². The first-order valence-electron chi connectivity index (χ1n) is 22.9. The summed E-state index contributed by atoms with van der Waals surface area (Å²) in [7, 11) is 0. The number of para-hydroxylation sites is 2. The van der Waals surface area contributed by atoms with Gasteiger partial charge in [0.25, 0.3) is 0 Å². The van der Waals surface area contributed by atoms with Gasteiger partial charge in [-0.3, -0.25) is 0 Å². The molecule has 63 heavy (non-hydrogen) atoms. The highest BCUT2D eigenvalue weighted by molar-refractivity contribution is 6.15. The Balaban J connectivity index is 0.905. The first-order valence-corrected chi connectivity index (χ1v) is 22.9. The Morgan fingerprint density at radius 1 is 0.413 bits per heavy atom. The predicted molar refractivity (Wildman–Crippen MR) is 259 cm³/mol. The first-order chi connectivity index (χ1) is 31.2. The molecule has 0 saturated heterocycles. The fourth-order valence-electron chi connectivity index (χ4n) is 14.6. The Morgan fingerprint density at radius 3 is 1.87 bits per heavy atom. The molecule has 0 amide bonds. The van der Waals surface area contributed by atoms with Crippen molar-refractivity contribution in [2.24, 2.45) is 29.1 Å². The van der Waals surface area contributed by atoms with Crippen LogP contribution in [0.15, 0.2) is 205 Å². The average molecular weight is 806 g/mol. The number of rotatable bonds is 6. The minimum atomic E-state index is 0.198. The van der Waals surface area contributed by atoms with E-state index in [1.807, 2.05) is 0 Å². The molecule has 2 heteroatoms. The molecule has 298 valence electrons. The molecule has 1 heterocycles. The van der Waals surface area contributed by atoms with Gasteiger partial charge in [-0.05, 0) is 152 Å². The van der Waals surface area contributed by atoms with Gasteiger partial charge in [-0.25, -0.2) is 0 Å². The third-order valence-corrected chi connectivity index (χ3v) is 17.0. The maximum absolute atomic E-state index is 6.54. The Hall–Kier alpha value is -7.16. The zero-order valence-corrected chi connectivity index (χ0v) is 34.8. The summed E-state index contributed by atoms with van der Waals surface area (Å²) in [5.74, 6) is 3.62. The number of benzene rings is 9. The van der Waals surface area contributed by atoms with Gasteiger partial charge in [0.2, 0.25) is 0 Å². The summed E-state index contributed by atoms with van der Waals surface area (Å²) in [6.07, 6.45) is 4.33. The van der Waals surface area contributed by atoms with Crippen molar-refractivity contribution in [2.45, 2.75) is 24.7 Å². The van der Waals surface area contributed by atoms with Crippen molar-refractivity contribution < 1.29 is 4.42 Å². The zero-order valence-electron chi connectivity index (χ0n) is 34.8. The molecule has 4 unspecified atom stereocenters. The summed E-state index contributed by atoms with van der Waals surface area (Å²) in [5, 5.41) is 4.70. The van der Waals surface area contributed by atoms with Crippen LogP contribution in [0.25, 0.3) is 77.2 Å². The number of hydrogen-bond donors (Lipinski definition) is 0. The number of furan rings is 1. The van der Waals surface area contributed by atoms with E-state index in [2.05, 4.69) is 205 Å². The Morgan fingerprint density at radius 2 is 1.05 bits per heavy atom. The topological polar surface area (TPSA) is 16.4 Å². The number of fused-ring (bicyclic) bond motifs is 11. The molecule has 4 atom stereocenters.